The minimum Gasteiger partial charge on any atom is -0.443 e. The topological polar surface area (TPSA) is 77.0 Å². The van der Waals surface area contributed by atoms with E-state index in [4.69, 9.17) is 4.74 Å². The van der Waals surface area contributed by atoms with Gasteiger partial charge < -0.3 is 4.74 Å². The molecule has 2 rings (SSSR count). The number of ether oxygens (including phenoxy) is 1. The molecule has 0 amide bonds. The average molecular weight is 235 g/mol. The predicted octanol–water partition coefficient (Wildman–Crippen LogP) is 1.51. The number of H-pyrrole nitrogens is 1. The standard InChI is InChI=1S/C11H13N3O3/c1-11(2,3)17-10(16)14-5-4-7-8(15)6-12-13-9(7)14/h4-6H,1-3H3,(H,13,15). The van der Waals surface area contributed by atoms with Crippen molar-refractivity contribution in [1.29, 1.82) is 0 Å². The van der Waals surface area contributed by atoms with Gasteiger partial charge in [-0.1, -0.05) is 0 Å². The van der Waals surface area contributed by atoms with Crippen molar-refractivity contribution in [3.8, 4) is 0 Å². The Balaban J connectivity index is 2.47. The van der Waals surface area contributed by atoms with Crippen LogP contribution in [-0.2, 0) is 4.74 Å². The molecule has 0 unspecified atom stereocenters. The molecule has 6 nitrogen and oxygen atoms in total. The molecule has 0 saturated carbocycles. The summed E-state index contributed by atoms with van der Waals surface area (Å²) in [6.45, 7) is 5.33. The van der Waals surface area contributed by atoms with Crippen molar-refractivity contribution in [2.75, 3.05) is 0 Å². The maximum atomic E-state index is 11.8. The fourth-order valence-corrected chi connectivity index (χ4v) is 1.43. The van der Waals surface area contributed by atoms with E-state index in [1.54, 1.807) is 26.8 Å². The van der Waals surface area contributed by atoms with Gasteiger partial charge in [-0.05, 0) is 26.8 Å². The Morgan fingerprint density at radius 1 is 1.47 bits per heavy atom. The summed E-state index contributed by atoms with van der Waals surface area (Å²) in [5, 5.41) is 6.69. The van der Waals surface area contributed by atoms with Crippen molar-refractivity contribution < 1.29 is 9.53 Å². The van der Waals surface area contributed by atoms with E-state index in [0.29, 0.717) is 11.0 Å². The summed E-state index contributed by atoms with van der Waals surface area (Å²) in [6.07, 6.45) is 2.11. The van der Waals surface area contributed by atoms with Crippen LogP contribution in [0.2, 0.25) is 0 Å². The number of nitrogens with one attached hydrogen (secondary N) is 1. The monoisotopic (exact) mass is 235 g/mol. The van der Waals surface area contributed by atoms with Crippen LogP contribution >= 0.6 is 0 Å². The van der Waals surface area contributed by atoms with E-state index in [0.717, 1.165) is 0 Å². The lowest BCUT2D eigenvalue weighted by atomic mass is 10.2. The number of rotatable bonds is 0. The lowest BCUT2D eigenvalue weighted by Crippen LogP contribution is -2.27. The van der Waals surface area contributed by atoms with Gasteiger partial charge in [0.05, 0.1) is 11.6 Å². The Kier molecular flexibility index (Phi) is 2.49. The third-order valence-corrected chi connectivity index (χ3v) is 2.09. The molecular weight excluding hydrogens is 222 g/mol. The molecule has 0 aliphatic heterocycles. The van der Waals surface area contributed by atoms with Crippen molar-refractivity contribution in [3.05, 3.63) is 28.7 Å². The smallest absolute Gasteiger partial charge is 0.420 e. The quantitative estimate of drug-likeness (QED) is 0.750. The molecule has 0 radical (unpaired) electrons. The largest absolute Gasteiger partial charge is 0.443 e. The second-order valence-corrected chi connectivity index (χ2v) is 4.66. The molecule has 0 bridgehead atoms. The first-order chi connectivity index (χ1) is 7.88. The van der Waals surface area contributed by atoms with Gasteiger partial charge in [0.1, 0.15) is 11.2 Å². The van der Waals surface area contributed by atoms with Crippen LogP contribution in [0.5, 0.6) is 0 Å². The second kappa shape index (κ2) is 3.73. The van der Waals surface area contributed by atoms with E-state index in [1.807, 2.05) is 0 Å². The highest BCUT2D eigenvalue weighted by Gasteiger charge is 2.19. The first-order valence-corrected chi connectivity index (χ1v) is 5.16. The number of hydrogen-bond acceptors (Lipinski definition) is 4. The van der Waals surface area contributed by atoms with Gasteiger partial charge in [-0.2, -0.15) is 5.10 Å². The van der Waals surface area contributed by atoms with Gasteiger partial charge >= 0.3 is 6.09 Å². The molecule has 90 valence electrons. The Morgan fingerprint density at radius 2 is 2.18 bits per heavy atom. The minimum atomic E-state index is -0.587. The lowest BCUT2D eigenvalue weighted by molar-refractivity contribution is 0.0543. The second-order valence-electron chi connectivity index (χ2n) is 4.66. The Morgan fingerprint density at radius 3 is 2.82 bits per heavy atom. The van der Waals surface area contributed by atoms with E-state index in [1.165, 1.54) is 17.0 Å². The zero-order chi connectivity index (χ0) is 12.6. The van der Waals surface area contributed by atoms with Gasteiger partial charge in [-0.25, -0.2) is 9.36 Å². The summed E-state index contributed by atoms with van der Waals surface area (Å²) in [5.74, 6) is 0. The van der Waals surface area contributed by atoms with Crippen LogP contribution in [0.15, 0.2) is 23.3 Å². The van der Waals surface area contributed by atoms with Crippen molar-refractivity contribution in [1.82, 2.24) is 14.8 Å². The first kappa shape index (κ1) is 11.4. The highest BCUT2D eigenvalue weighted by atomic mass is 16.6. The fourth-order valence-electron chi connectivity index (χ4n) is 1.43. The molecule has 0 spiro atoms. The van der Waals surface area contributed by atoms with Gasteiger partial charge in [0.15, 0.2) is 0 Å². The van der Waals surface area contributed by atoms with E-state index in [9.17, 15) is 9.59 Å². The van der Waals surface area contributed by atoms with Gasteiger partial charge in [-0.3, -0.25) is 9.89 Å². The lowest BCUT2D eigenvalue weighted by Gasteiger charge is -2.19. The molecule has 0 aliphatic carbocycles. The van der Waals surface area contributed by atoms with Crippen LogP contribution in [-0.4, -0.2) is 26.5 Å². The van der Waals surface area contributed by atoms with E-state index in [2.05, 4.69) is 10.2 Å². The molecule has 2 heterocycles. The third kappa shape index (κ3) is 2.20. The summed E-state index contributed by atoms with van der Waals surface area (Å²) < 4.78 is 6.44. The van der Waals surface area contributed by atoms with Crippen LogP contribution in [0.1, 0.15) is 20.8 Å². The number of carbonyl (C=O) groups is 1. The van der Waals surface area contributed by atoms with Gasteiger partial charge in [0.2, 0.25) is 5.43 Å². The van der Waals surface area contributed by atoms with Gasteiger partial charge in [-0.15, -0.1) is 0 Å². The molecule has 1 N–H and O–H groups in total. The average Bonchev–Trinajstić information content (AvgIpc) is 2.60. The Labute approximate surface area is 97.2 Å². The van der Waals surface area contributed by atoms with Crippen LogP contribution in [0.4, 0.5) is 4.79 Å². The summed E-state index contributed by atoms with van der Waals surface area (Å²) in [6, 6.07) is 1.56. The highest BCUT2D eigenvalue weighted by molar-refractivity contribution is 5.86. The molecule has 0 saturated heterocycles. The molecule has 6 heteroatoms. The maximum absolute atomic E-state index is 11.8. The highest BCUT2D eigenvalue weighted by Crippen LogP contribution is 2.13. The number of nitrogens with zero attached hydrogens (tertiary/aromatic N) is 2. The Hall–Kier alpha value is -2.11. The molecule has 0 aliphatic rings. The normalized spacial score (nSPS) is 11.7. The summed E-state index contributed by atoms with van der Waals surface area (Å²) in [4.78, 5) is 23.3. The molecule has 17 heavy (non-hydrogen) atoms. The molecule has 0 atom stereocenters. The molecule has 2 aromatic rings. The van der Waals surface area contributed by atoms with E-state index < -0.39 is 11.7 Å². The van der Waals surface area contributed by atoms with Crippen LogP contribution in [0.3, 0.4) is 0 Å². The number of aromatic nitrogens is 3. The van der Waals surface area contributed by atoms with E-state index in [-0.39, 0.29) is 5.43 Å². The van der Waals surface area contributed by atoms with Crippen molar-refractivity contribution >= 4 is 17.1 Å². The fraction of sp³-hybridized carbons (Fsp3) is 0.364. The third-order valence-electron chi connectivity index (χ3n) is 2.09. The van der Waals surface area contributed by atoms with Crippen LogP contribution < -0.4 is 5.43 Å². The molecule has 0 aromatic carbocycles. The Bertz CT molecular complexity index is 619. The van der Waals surface area contributed by atoms with Crippen LogP contribution in [0, 0.1) is 0 Å². The number of carbonyl (C=O) groups excluding carboxylic acids is 1. The molecule has 2 aromatic heterocycles. The summed E-state index contributed by atoms with van der Waals surface area (Å²) in [7, 11) is 0. The zero-order valence-corrected chi connectivity index (χ0v) is 9.85. The number of aromatic amines is 1. The maximum Gasteiger partial charge on any atom is 0.420 e. The zero-order valence-electron chi connectivity index (χ0n) is 9.85. The van der Waals surface area contributed by atoms with Gasteiger partial charge in [0.25, 0.3) is 0 Å². The SMILES string of the molecule is CC(C)(C)OC(=O)n1ccc2c(=O)cn[nH]c21. The van der Waals surface area contributed by atoms with Crippen molar-refractivity contribution in [2.45, 2.75) is 26.4 Å². The van der Waals surface area contributed by atoms with E-state index >= 15 is 0 Å². The van der Waals surface area contributed by atoms with Crippen molar-refractivity contribution in [2.24, 2.45) is 0 Å². The van der Waals surface area contributed by atoms with Gasteiger partial charge in [0, 0.05) is 6.20 Å². The first-order valence-electron chi connectivity index (χ1n) is 5.16. The number of hydrogen-bond donors (Lipinski definition) is 1. The predicted molar refractivity (Wildman–Crippen MR) is 62.0 cm³/mol. The van der Waals surface area contributed by atoms with Crippen LogP contribution in [0.25, 0.3) is 11.0 Å². The summed E-state index contributed by atoms with van der Waals surface area (Å²) in [5.41, 5.74) is -0.483. The molecular formula is C11H13N3O3. The minimum absolute atomic E-state index is 0.235. The summed E-state index contributed by atoms with van der Waals surface area (Å²) >= 11 is 0. The molecule has 0 fully saturated rings. The number of fused-ring (bicyclic) bond motifs is 1. The van der Waals surface area contributed by atoms with Crippen molar-refractivity contribution in [3.63, 3.8) is 0 Å².